The van der Waals surface area contributed by atoms with Crippen LogP contribution in [0.25, 0.3) is 0 Å². The van der Waals surface area contributed by atoms with Gasteiger partial charge in [0.25, 0.3) is 5.91 Å². The van der Waals surface area contributed by atoms with E-state index in [-0.39, 0.29) is 10.8 Å². The van der Waals surface area contributed by atoms with Crippen LogP contribution in [0.1, 0.15) is 30.1 Å². The molecule has 112 valence electrons. The molecule has 6 heteroatoms. The first-order valence-corrected chi connectivity index (χ1v) is 9.56. The summed E-state index contributed by atoms with van der Waals surface area (Å²) in [6.45, 7) is 3.44. The Morgan fingerprint density at radius 2 is 1.80 bits per heavy atom. The van der Waals surface area contributed by atoms with Gasteiger partial charge in [-0.05, 0) is 30.7 Å². The minimum absolute atomic E-state index is 0.0575. The van der Waals surface area contributed by atoms with Gasteiger partial charge in [0.15, 0.2) is 9.84 Å². The molecule has 0 unspecified atom stereocenters. The summed E-state index contributed by atoms with van der Waals surface area (Å²) in [5, 5.41) is 0.726. The summed E-state index contributed by atoms with van der Waals surface area (Å²) < 4.78 is 22.8. The van der Waals surface area contributed by atoms with Crippen molar-refractivity contribution >= 4 is 31.7 Å². The van der Waals surface area contributed by atoms with E-state index in [2.05, 4.69) is 22.9 Å². The maximum Gasteiger partial charge on any atom is 0.253 e. The second kappa shape index (κ2) is 7.78. The number of hydrogen-bond acceptors (Lipinski definition) is 3. The Balaban J connectivity index is 2.89. The fourth-order valence-corrected chi connectivity index (χ4v) is 2.85. The number of alkyl halides is 1. The minimum Gasteiger partial charge on any atom is -0.338 e. The van der Waals surface area contributed by atoms with Gasteiger partial charge < -0.3 is 4.90 Å². The van der Waals surface area contributed by atoms with E-state index in [0.717, 1.165) is 31.0 Å². The molecule has 1 aromatic carbocycles. The van der Waals surface area contributed by atoms with Gasteiger partial charge in [-0.3, -0.25) is 4.79 Å². The molecule has 1 amide bonds. The highest BCUT2D eigenvalue weighted by atomic mass is 79.9. The van der Waals surface area contributed by atoms with E-state index in [1.807, 2.05) is 0 Å². The van der Waals surface area contributed by atoms with Crippen LogP contribution in [-0.4, -0.2) is 43.9 Å². The molecule has 0 heterocycles. The lowest BCUT2D eigenvalue weighted by Gasteiger charge is -2.21. The highest BCUT2D eigenvalue weighted by molar-refractivity contribution is 9.09. The van der Waals surface area contributed by atoms with E-state index < -0.39 is 9.84 Å². The predicted molar refractivity (Wildman–Crippen MR) is 84.2 cm³/mol. The number of halogens is 1. The van der Waals surface area contributed by atoms with Gasteiger partial charge in [-0.1, -0.05) is 29.3 Å². The normalized spacial score (nSPS) is 11.3. The Labute approximate surface area is 129 Å². The molecule has 0 fully saturated rings. The second-order valence-corrected chi connectivity index (χ2v) is 7.44. The molecule has 0 N–H and O–H groups in total. The molecule has 0 aromatic heterocycles. The van der Waals surface area contributed by atoms with E-state index in [4.69, 9.17) is 0 Å². The zero-order valence-corrected chi connectivity index (χ0v) is 14.2. The zero-order chi connectivity index (χ0) is 15.2. The number of sulfone groups is 1. The van der Waals surface area contributed by atoms with Crippen LogP contribution < -0.4 is 0 Å². The predicted octanol–water partition coefficient (Wildman–Crippen LogP) is 2.73. The van der Waals surface area contributed by atoms with Gasteiger partial charge in [0.05, 0.1) is 4.90 Å². The number of amides is 1. The van der Waals surface area contributed by atoms with Crippen LogP contribution in [0.4, 0.5) is 0 Å². The lowest BCUT2D eigenvalue weighted by atomic mass is 10.2. The highest BCUT2D eigenvalue weighted by Crippen LogP contribution is 2.13. The average molecular weight is 362 g/mol. The summed E-state index contributed by atoms with van der Waals surface area (Å²) in [5.41, 5.74) is 0.523. The zero-order valence-electron chi connectivity index (χ0n) is 11.8. The first-order chi connectivity index (χ1) is 9.40. The van der Waals surface area contributed by atoms with Gasteiger partial charge in [-0.25, -0.2) is 8.42 Å². The molecule has 0 bridgehead atoms. The average Bonchev–Trinajstić information content (AvgIpc) is 2.42. The van der Waals surface area contributed by atoms with Crippen LogP contribution >= 0.6 is 15.9 Å². The summed E-state index contributed by atoms with van der Waals surface area (Å²) in [6.07, 6.45) is 3.14. The third-order valence-electron chi connectivity index (χ3n) is 2.95. The molecule has 0 aliphatic carbocycles. The van der Waals surface area contributed by atoms with Gasteiger partial charge >= 0.3 is 0 Å². The maximum atomic E-state index is 12.4. The Hall–Kier alpha value is -0.880. The van der Waals surface area contributed by atoms with E-state index in [0.29, 0.717) is 12.1 Å². The largest absolute Gasteiger partial charge is 0.338 e. The van der Waals surface area contributed by atoms with Crippen LogP contribution in [0.15, 0.2) is 29.2 Å². The van der Waals surface area contributed by atoms with Crippen molar-refractivity contribution in [3.8, 4) is 0 Å². The van der Waals surface area contributed by atoms with Crippen LogP contribution in [-0.2, 0) is 9.84 Å². The smallest absolute Gasteiger partial charge is 0.253 e. The molecular weight excluding hydrogens is 342 g/mol. The molecule has 0 radical (unpaired) electrons. The monoisotopic (exact) mass is 361 g/mol. The maximum absolute atomic E-state index is 12.4. The number of rotatable bonds is 7. The van der Waals surface area contributed by atoms with Gasteiger partial charge in [-0.15, -0.1) is 0 Å². The Bertz CT molecular complexity index is 540. The Kier molecular flexibility index (Phi) is 6.68. The van der Waals surface area contributed by atoms with Gasteiger partial charge in [0.1, 0.15) is 0 Å². The lowest BCUT2D eigenvalue weighted by molar-refractivity contribution is 0.0764. The highest BCUT2D eigenvalue weighted by Gasteiger charge is 2.15. The molecule has 0 saturated carbocycles. The fraction of sp³-hybridized carbons (Fsp3) is 0.500. The molecule has 0 spiro atoms. The molecule has 1 aromatic rings. The molecular formula is C14H20BrNO3S. The Morgan fingerprint density at radius 1 is 1.20 bits per heavy atom. The van der Waals surface area contributed by atoms with Crippen molar-refractivity contribution in [1.82, 2.24) is 4.90 Å². The minimum atomic E-state index is -3.22. The Morgan fingerprint density at radius 3 is 2.25 bits per heavy atom. The van der Waals surface area contributed by atoms with Crippen molar-refractivity contribution in [2.24, 2.45) is 0 Å². The van der Waals surface area contributed by atoms with Crippen LogP contribution in [0.3, 0.4) is 0 Å². The molecule has 20 heavy (non-hydrogen) atoms. The van der Waals surface area contributed by atoms with Crippen molar-refractivity contribution in [3.63, 3.8) is 0 Å². The third-order valence-corrected chi connectivity index (χ3v) is 4.44. The van der Waals surface area contributed by atoms with Gasteiger partial charge in [0.2, 0.25) is 0 Å². The van der Waals surface area contributed by atoms with Crippen molar-refractivity contribution in [2.75, 3.05) is 24.7 Å². The van der Waals surface area contributed by atoms with Crippen LogP contribution in [0.2, 0.25) is 0 Å². The second-order valence-electron chi connectivity index (χ2n) is 4.63. The lowest BCUT2D eigenvalue weighted by Crippen LogP contribution is -2.33. The van der Waals surface area contributed by atoms with E-state index in [1.165, 1.54) is 12.1 Å². The van der Waals surface area contributed by atoms with Gasteiger partial charge in [-0.2, -0.15) is 0 Å². The number of hydrogen-bond donors (Lipinski definition) is 0. The molecule has 0 aliphatic heterocycles. The summed E-state index contributed by atoms with van der Waals surface area (Å²) in [7, 11) is -3.22. The standard InChI is InChI=1S/C14H20BrNO3S/c1-3-4-10-16(11-9-15)14(17)12-5-7-13(8-6-12)20(2,18)19/h5-8H,3-4,9-11H2,1-2H3. The van der Waals surface area contributed by atoms with E-state index >= 15 is 0 Å². The number of nitrogens with zero attached hydrogens (tertiary/aromatic N) is 1. The number of carbonyl (C=O) groups excluding carboxylic acids is 1. The summed E-state index contributed by atoms with van der Waals surface area (Å²) in [6, 6.07) is 6.11. The van der Waals surface area contributed by atoms with Crippen molar-refractivity contribution in [3.05, 3.63) is 29.8 Å². The first-order valence-electron chi connectivity index (χ1n) is 6.55. The third kappa shape index (κ3) is 4.90. The molecule has 1 rings (SSSR count). The number of carbonyl (C=O) groups is 1. The molecule has 0 atom stereocenters. The van der Waals surface area contributed by atoms with E-state index in [1.54, 1.807) is 17.0 Å². The van der Waals surface area contributed by atoms with Gasteiger partial charge in [0, 0.05) is 30.2 Å². The molecule has 0 saturated heterocycles. The number of unbranched alkanes of at least 4 members (excludes halogenated alkanes) is 1. The fourth-order valence-electron chi connectivity index (χ4n) is 1.79. The summed E-state index contributed by atoms with van der Waals surface area (Å²) >= 11 is 3.35. The first kappa shape index (κ1) is 17.2. The van der Waals surface area contributed by atoms with Crippen LogP contribution in [0, 0.1) is 0 Å². The molecule has 4 nitrogen and oxygen atoms in total. The SMILES string of the molecule is CCCCN(CCBr)C(=O)c1ccc(S(C)(=O)=O)cc1. The number of benzene rings is 1. The topological polar surface area (TPSA) is 54.5 Å². The van der Waals surface area contributed by atoms with Crippen molar-refractivity contribution in [2.45, 2.75) is 24.7 Å². The summed E-state index contributed by atoms with van der Waals surface area (Å²) in [4.78, 5) is 14.4. The van der Waals surface area contributed by atoms with Crippen molar-refractivity contribution in [1.29, 1.82) is 0 Å². The van der Waals surface area contributed by atoms with Crippen LogP contribution in [0.5, 0.6) is 0 Å². The molecule has 0 aliphatic rings. The quantitative estimate of drug-likeness (QED) is 0.701. The van der Waals surface area contributed by atoms with E-state index in [9.17, 15) is 13.2 Å². The van der Waals surface area contributed by atoms with Crippen molar-refractivity contribution < 1.29 is 13.2 Å². The summed E-state index contributed by atoms with van der Waals surface area (Å²) in [5.74, 6) is -0.0575.